The molecule has 0 heterocycles. The summed E-state index contributed by atoms with van der Waals surface area (Å²) in [7, 11) is -3.93. The number of aryl methyl sites for hydroxylation is 2. The Bertz CT molecular complexity index is 1180. The summed E-state index contributed by atoms with van der Waals surface area (Å²) >= 11 is 0. The van der Waals surface area contributed by atoms with Crippen LogP contribution in [0.15, 0.2) is 71.6 Å². The molecular formula is C23H23FN2O3S. The van der Waals surface area contributed by atoms with E-state index in [0.717, 1.165) is 23.3 Å². The molecule has 0 spiro atoms. The summed E-state index contributed by atoms with van der Waals surface area (Å²) in [5.74, 6) is -0.839. The van der Waals surface area contributed by atoms with Gasteiger partial charge in [0.1, 0.15) is 5.82 Å². The predicted octanol–water partition coefficient (Wildman–Crippen LogP) is 4.73. The maximum absolute atomic E-state index is 13.0. The molecular weight excluding hydrogens is 403 g/mol. The van der Waals surface area contributed by atoms with Gasteiger partial charge in [-0.2, -0.15) is 0 Å². The van der Waals surface area contributed by atoms with Gasteiger partial charge in [-0.3, -0.25) is 9.52 Å². The number of carbonyl (C=O) groups is 1. The third-order valence-electron chi connectivity index (χ3n) is 4.88. The molecule has 0 saturated heterocycles. The molecule has 1 amide bonds. The van der Waals surface area contributed by atoms with Crippen LogP contribution in [0.4, 0.5) is 10.1 Å². The summed E-state index contributed by atoms with van der Waals surface area (Å²) in [6, 6.07) is 16.5. The number of hydrogen-bond acceptors (Lipinski definition) is 3. The Hall–Kier alpha value is -3.19. The van der Waals surface area contributed by atoms with Gasteiger partial charge in [0.2, 0.25) is 0 Å². The van der Waals surface area contributed by atoms with E-state index in [1.807, 2.05) is 39.0 Å². The van der Waals surface area contributed by atoms with Crippen molar-refractivity contribution >= 4 is 21.6 Å². The highest BCUT2D eigenvalue weighted by atomic mass is 32.2. The van der Waals surface area contributed by atoms with E-state index in [0.29, 0.717) is 0 Å². The Labute approximate surface area is 176 Å². The molecule has 0 aromatic heterocycles. The van der Waals surface area contributed by atoms with Gasteiger partial charge in [0, 0.05) is 11.3 Å². The monoisotopic (exact) mass is 426 g/mol. The fourth-order valence-corrected chi connectivity index (χ4v) is 4.04. The number of carbonyl (C=O) groups excluding carboxylic acids is 1. The average Bonchev–Trinajstić information content (AvgIpc) is 2.71. The van der Waals surface area contributed by atoms with Crippen LogP contribution < -0.4 is 10.0 Å². The van der Waals surface area contributed by atoms with Crippen LogP contribution >= 0.6 is 0 Å². The number of amides is 1. The first kappa shape index (κ1) is 21.5. The molecule has 1 atom stereocenters. The SMILES string of the molecule is Cc1ccc([C@@H](C)NC(=O)c2cccc(S(=O)(=O)Nc3ccc(F)cc3)c2)cc1C. The van der Waals surface area contributed by atoms with Gasteiger partial charge in [-0.15, -0.1) is 0 Å². The Kier molecular flexibility index (Phi) is 6.22. The second-order valence-corrected chi connectivity index (χ2v) is 8.86. The van der Waals surface area contributed by atoms with Gasteiger partial charge in [-0.05, 0) is 79.9 Å². The molecule has 0 radical (unpaired) electrons. The van der Waals surface area contributed by atoms with Gasteiger partial charge < -0.3 is 5.32 Å². The van der Waals surface area contributed by atoms with Gasteiger partial charge >= 0.3 is 0 Å². The highest BCUT2D eigenvalue weighted by molar-refractivity contribution is 7.92. The van der Waals surface area contributed by atoms with Crippen molar-refractivity contribution in [3.05, 3.63) is 94.8 Å². The smallest absolute Gasteiger partial charge is 0.261 e. The standard InChI is InChI=1S/C23H23FN2O3S/c1-15-7-8-18(13-16(15)2)17(3)25-23(27)19-5-4-6-22(14-19)30(28,29)26-21-11-9-20(24)10-12-21/h4-14,17,26H,1-3H3,(H,25,27)/t17-/m1/s1. The zero-order valence-electron chi connectivity index (χ0n) is 16.9. The third-order valence-corrected chi connectivity index (χ3v) is 6.26. The quantitative estimate of drug-likeness (QED) is 0.598. The number of benzene rings is 3. The van der Waals surface area contributed by atoms with E-state index in [1.54, 1.807) is 6.07 Å². The lowest BCUT2D eigenvalue weighted by Crippen LogP contribution is -2.27. The molecule has 0 bridgehead atoms. The second-order valence-electron chi connectivity index (χ2n) is 7.18. The van der Waals surface area contributed by atoms with E-state index in [-0.39, 0.29) is 28.1 Å². The molecule has 156 valence electrons. The fraction of sp³-hybridized carbons (Fsp3) is 0.174. The first-order chi connectivity index (χ1) is 14.2. The highest BCUT2D eigenvalue weighted by Crippen LogP contribution is 2.20. The summed E-state index contributed by atoms with van der Waals surface area (Å²) in [6.45, 7) is 5.91. The molecule has 0 saturated carbocycles. The van der Waals surface area contributed by atoms with E-state index in [2.05, 4.69) is 10.0 Å². The molecule has 2 N–H and O–H groups in total. The van der Waals surface area contributed by atoms with Gasteiger partial charge in [0.25, 0.3) is 15.9 Å². The largest absolute Gasteiger partial charge is 0.346 e. The Morgan fingerprint density at radius 1 is 0.933 bits per heavy atom. The third kappa shape index (κ3) is 5.04. The van der Waals surface area contributed by atoms with Crippen molar-refractivity contribution in [3.8, 4) is 0 Å². The normalized spacial score (nSPS) is 12.3. The summed E-state index contributed by atoms with van der Waals surface area (Å²) in [4.78, 5) is 12.6. The van der Waals surface area contributed by atoms with E-state index in [9.17, 15) is 17.6 Å². The van der Waals surface area contributed by atoms with Crippen molar-refractivity contribution < 1.29 is 17.6 Å². The Morgan fingerprint density at radius 3 is 2.30 bits per heavy atom. The van der Waals surface area contributed by atoms with Gasteiger partial charge in [0.15, 0.2) is 0 Å². The second kappa shape index (κ2) is 8.67. The summed E-state index contributed by atoms with van der Waals surface area (Å²) < 4.78 is 40.7. The van der Waals surface area contributed by atoms with Crippen LogP contribution in [0.2, 0.25) is 0 Å². The maximum Gasteiger partial charge on any atom is 0.261 e. The maximum atomic E-state index is 13.0. The van der Waals surface area contributed by atoms with Gasteiger partial charge in [0.05, 0.1) is 10.9 Å². The van der Waals surface area contributed by atoms with Crippen LogP contribution in [-0.2, 0) is 10.0 Å². The lowest BCUT2D eigenvalue weighted by Gasteiger charge is -2.16. The number of nitrogens with one attached hydrogen (secondary N) is 2. The topological polar surface area (TPSA) is 75.3 Å². The molecule has 0 fully saturated rings. The molecule has 0 aliphatic rings. The van der Waals surface area contributed by atoms with Crippen LogP contribution in [0.5, 0.6) is 0 Å². The van der Waals surface area contributed by atoms with Crippen molar-refractivity contribution in [3.63, 3.8) is 0 Å². The van der Waals surface area contributed by atoms with Crippen LogP contribution in [-0.4, -0.2) is 14.3 Å². The van der Waals surface area contributed by atoms with Crippen LogP contribution in [0.1, 0.15) is 40.0 Å². The van der Waals surface area contributed by atoms with E-state index >= 15 is 0 Å². The number of sulfonamides is 1. The summed E-state index contributed by atoms with van der Waals surface area (Å²) in [5, 5.41) is 2.90. The van der Waals surface area contributed by atoms with Crippen molar-refractivity contribution in [2.75, 3.05) is 4.72 Å². The molecule has 0 aliphatic carbocycles. The van der Waals surface area contributed by atoms with E-state index < -0.39 is 15.8 Å². The van der Waals surface area contributed by atoms with Crippen molar-refractivity contribution in [2.45, 2.75) is 31.7 Å². The molecule has 3 rings (SSSR count). The first-order valence-corrected chi connectivity index (χ1v) is 10.9. The molecule has 3 aromatic carbocycles. The van der Waals surface area contributed by atoms with Crippen LogP contribution in [0, 0.1) is 19.7 Å². The average molecular weight is 427 g/mol. The number of halogens is 1. The van der Waals surface area contributed by atoms with Gasteiger partial charge in [-0.25, -0.2) is 12.8 Å². The highest BCUT2D eigenvalue weighted by Gasteiger charge is 2.18. The minimum Gasteiger partial charge on any atom is -0.346 e. The zero-order valence-corrected chi connectivity index (χ0v) is 17.8. The fourth-order valence-electron chi connectivity index (χ4n) is 2.93. The molecule has 3 aromatic rings. The molecule has 7 heteroatoms. The predicted molar refractivity (Wildman–Crippen MR) is 115 cm³/mol. The van der Waals surface area contributed by atoms with E-state index in [1.165, 1.54) is 35.9 Å². The summed E-state index contributed by atoms with van der Waals surface area (Å²) in [5.41, 5.74) is 3.73. The van der Waals surface area contributed by atoms with Crippen molar-refractivity contribution in [2.24, 2.45) is 0 Å². The number of anilines is 1. The molecule has 0 unspecified atom stereocenters. The first-order valence-electron chi connectivity index (χ1n) is 9.42. The van der Waals surface area contributed by atoms with Crippen molar-refractivity contribution in [1.82, 2.24) is 5.32 Å². The molecule has 0 aliphatic heterocycles. The lowest BCUT2D eigenvalue weighted by atomic mass is 10.0. The Morgan fingerprint density at radius 2 is 1.63 bits per heavy atom. The minimum absolute atomic E-state index is 0.0571. The summed E-state index contributed by atoms with van der Waals surface area (Å²) in [6.07, 6.45) is 0. The molecule has 30 heavy (non-hydrogen) atoms. The van der Waals surface area contributed by atoms with Gasteiger partial charge in [-0.1, -0.05) is 24.3 Å². The number of rotatable bonds is 6. The Balaban J connectivity index is 1.77. The van der Waals surface area contributed by atoms with E-state index in [4.69, 9.17) is 0 Å². The zero-order chi connectivity index (χ0) is 21.9. The lowest BCUT2D eigenvalue weighted by molar-refractivity contribution is 0.0939. The van der Waals surface area contributed by atoms with Crippen molar-refractivity contribution in [1.29, 1.82) is 0 Å². The van der Waals surface area contributed by atoms with Crippen LogP contribution in [0.25, 0.3) is 0 Å². The van der Waals surface area contributed by atoms with Crippen LogP contribution in [0.3, 0.4) is 0 Å². The molecule has 5 nitrogen and oxygen atoms in total. The minimum atomic E-state index is -3.93. The number of hydrogen-bond donors (Lipinski definition) is 2.